The highest BCUT2D eigenvalue weighted by molar-refractivity contribution is 9.10. The number of imidazole rings is 1. The van der Waals surface area contributed by atoms with Gasteiger partial charge in [-0.2, -0.15) is 13.2 Å². The fourth-order valence-corrected chi connectivity index (χ4v) is 5.27. The van der Waals surface area contributed by atoms with Crippen molar-refractivity contribution in [3.05, 3.63) is 105 Å². The molecule has 1 amide bonds. The second-order valence-corrected chi connectivity index (χ2v) is 12.2. The quantitative estimate of drug-likeness (QED) is 0.0829. The van der Waals surface area contributed by atoms with E-state index in [9.17, 15) is 28.1 Å². The Kier molecular flexibility index (Phi) is 11.9. The van der Waals surface area contributed by atoms with Gasteiger partial charge in [0.05, 0.1) is 42.5 Å². The number of rotatable bonds is 12. The molecule has 2 N–H and O–H groups in total. The number of likely N-dealkylation sites (N-methyl/N-ethyl adjacent to an activating group) is 1. The summed E-state index contributed by atoms with van der Waals surface area (Å²) in [5.74, 6) is -1.43. The zero-order valence-electron chi connectivity index (χ0n) is 26.7. The van der Waals surface area contributed by atoms with E-state index in [1.165, 1.54) is 24.7 Å². The molecule has 19 heteroatoms. The van der Waals surface area contributed by atoms with Crippen LogP contribution in [0, 0.1) is 10.1 Å². The van der Waals surface area contributed by atoms with Crippen LogP contribution in [0.3, 0.4) is 0 Å². The number of quaternary nitrogens is 1. The van der Waals surface area contributed by atoms with Crippen molar-refractivity contribution in [1.29, 1.82) is 0 Å². The van der Waals surface area contributed by atoms with E-state index in [4.69, 9.17) is 4.74 Å². The van der Waals surface area contributed by atoms with E-state index in [0.717, 1.165) is 12.7 Å². The largest absolute Gasteiger partial charge is 1.00 e. The van der Waals surface area contributed by atoms with Gasteiger partial charge in [0, 0.05) is 30.4 Å². The maximum atomic E-state index is 13.3. The minimum Gasteiger partial charge on any atom is -1.00 e. The van der Waals surface area contributed by atoms with Crippen LogP contribution in [-0.2, 0) is 31.2 Å². The third kappa shape index (κ3) is 9.36. The van der Waals surface area contributed by atoms with Crippen LogP contribution in [0.4, 0.5) is 36.3 Å². The lowest BCUT2D eigenvalue weighted by atomic mass is 10.2. The number of carbonyl (C=O) groups excluding carboxylic acids is 1. The summed E-state index contributed by atoms with van der Waals surface area (Å²) in [4.78, 5) is 43.6. The maximum absolute atomic E-state index is 13.3. The molecule has 0 aliphatic rings. The molecular formula is C31H29Br2F3N10O4. The number of halogens is 5. The minimum absolute atomic E-state index is 0. The lowest BCUT2D eigenvalue weighted by molar-refractivity contribution is -0.898. The van der Waals surface area contributed by atoms with Gasteiger partial charge in [0.25, 0.3) is 0 Å². The van der Waals surface area contributed by atoms with E-state index in [0.29, 0.717) is 43.8 Å². The number of pyridine rings is 2. The Morgan fingerprint density at radius 2 is 1.92 bits per heavy atom. The smallest absolute Gasteiger partial charge is 0.475 e. The topological polar surface area (TPSA) is 163 Å². The minimum atomic E-state index is -4.86. The molecule has 0 saturated heterocycles. The van der Waals surface area contributed by atoms with Crippen molar-refractivity contribution >= 4 is 55.9 Å². The molecule has 5 aromatic rings. The van der Waals surface area contributed by atoms with E-state index < -0.39 is 28.6 Å². The van der Waals surface area contributed by atoms with Gasteiger partial charge in [-0.25, -0.2) is 15.0 Å². The number of alkyl halides is 3. The lowest BCUT2D eigenvalue weighted by Crippen LogP contribution is -3.00. The second kappa shape index (κ2) is 15.7. The monoisotopic (exact) mass is 820 g/mol. The summed E-state index contributed by atoms with van der Waals surface area (Å²) in [6.45, 7) is 0.312. The summed E-state index contributed by atoms with van der Waals surface area (Å²) in [7, 11) is 4.40. The van der Waals surface area contributed by atoms with Crippen molar-refractivity contribution in [2.24, 2.45) is 7.05 Å². The van der Waals surface area contributed by atoms with Crippen LogP contribution < -0.4 is 32.4 Å². The Balaban J connectivity index is 0.00000562. The van der Waals surface area contributed by atoms with Crippen LogP contribution in [0.25, 0.3) is 10.9 Å². The summed E-state index contributed by atoms with van der Waals surface area (Å²) >= 11 is 3.54. The van der Waals surface area contributed by atoms with Crippen molar-refractivity contribution < 1.29 is 49.1 Å². The first-order valence-corrected chi connectivity index (χ1v) is 15.3. The van der Waals surface area contributed by atoms with E-state index >= 15 is 0 Å². The molecule has 0 atom stereocenters. The highest BCUT2D eigenvalue weighted by Crippen LogP contribution is 2.34. The highest BCUT2D eigenvalue weighted by Gasteiger charge is 2.45. The van der Waals surface area contributed by atoms with Gasteiger partial charge in [-0.05, 0) is 68.3 Å². The molecule has 262 valence electrons. The third-order valence-corrected chi connectivity index (χ3v) is 7.75. The number of nitrogens with zero attached hydrogens (tertiary/aromatic N) is 8. The predicted molar refractivity (Wildman–Crippen MR) is 177 cm³/mol. The van der Waals surface area contributed by atoms with Gasteiger partial charge in [-0.3, -0.25) is 14.3 Å². The van der Waals surface area contributed by atoms with Crippen LogP contribution in [0.2, 0.25) is 0 Å². The van der Waals surface area contributed by atoms with Crippen LogP contribution in [0.1, 0.15) is 17.2 Å². The fraction of sp³-hybridized carbons (Fsp3) is 0.226. The summed E-state index contributed by atoms with van der Waals surface area (Å²) in [5, 5.41) is 17.9. The molecule has 4 heterocycles. The molecule has 0 fully saturated rings. The van der Waals surface area contributed by atoms with Gasteiger partial charge >= 0.3 is 17.8 Å². The molecule has 0 aliphatic carbocycles. The van der Waals surface area contributed by atoms with Crippen LogP contribution in [0.5, 0.6) is 5.75 Å². The number of aromatic nitrogens is 6. The number of nitrogens with one attached hydrogen (secondary N) is 2. The molecule has 50 heavy (non-hydrogen) atoms. The van der Waals surface area contributed by atoms with Crippen LogP contribution >= 0.6 is 15.9 Å². The van der Waals surface area contributed by atoms with Crippen molar-refractivity contribution in [1.82, 2.24) is 29.5 Å². The zero-order valence-corrected chi connectivity index (χ0v) is 29.8. The Hall–Kier alpha value is -5.01. The molecule has 4 aromatic heterocycles. The van der Waals surface area contributed by atoms with Gasteiger partial charge in [0.2, 0.25) is 5.91 Å². The number of ether oxygens (including phenoxy) is 1. The highest BCUT2D eigenvalue weighted by atomic mass is 79.9. The zero-order chi connectivity index (χ0) is 35.3. The number of hydrogen-bond acceptors (Lipinski definition) is 10. The molecule has 14 nitrogen and oxygen atoms in total. The average Bonchev–Trinajstić information content (AvgIpc) is 3.37. The molecule has 0 spiro atoms. The lowest BCUT2D eigenvalue weighted by Gasteiger charge is -2.28. The Morgan fingerprint density at radius 1 is 1.14 bits per heavy atom. The van der Waals surface area contributed by atoms with E-state index in [1.54, 1.807) is 32.4 Å². The van der Waals surface area contributed by atoms with Gasteiger partial charge in [0.15, 0.2) is 5.69 Å². The van der Waals surface area contributed by atoms with Crippen molar-refractivity contribution in [2.45, 2.75) is 19.3 Å². The third-order valence-electron chi connectivity index (χ3n) is 7.13. The predicted octanol–water partition coefficient (Wildman–Crippen LogP) is 2.94. The Morgan fingerprint density at radius 3 is 2.60 bits per heavy atom. The maximum Gasteiger partial charge on any atom is 0.475 e. The Labute approximate surface area is 302 Å². The van der Waals surface area contributed by atoms with E-state index in [-0.39, 0.29) is 46.1 Å². The number of nitro groups is 1. The molecule has 0 bridgehead atoms. The van der Waals surface area contributed by atoms with Crippen LogP contribution in [0.15, 0.2) is 77.8 Å². The number of benzene rings is 1. The van der Waals surface area contributed by atoms with Crippen molar-refractivity contribution in [3.8, 4) is 5.75 Å². The summed E-state index contributed by atoms with van der Waals surface area (Å²) in [5.41, 5.74) is 1.83. The average molecular weight is 822 g/mol. The van der Waals surface area contributed by atoms with E-state index in [2.05, 4.69) is 51.5 Å². The number of fused-ring (bicyclic) bond motifs is 1. The Bertz CT molecular complexity index is 2040. The van der Waals surface area contributed by atoms with Gasteiger partial charge < -0.3 is 46.9 Å². The SMILES string of the molecule is Cn1c(C(F)(F)F)nc([N+](=O)[O-])c1C[N+](C)(C)C/C=C/C(=O)Nc1cc2c(Nc3ccc(OCc4ccccn4)c(Br)c3)ncnc2cn1.[Br-]. The summed E-state index contributed by atoms with van der Waals surface area (Å²) in [6.07, 6.45) is 2.48. The number of carbonyl (C=O) groups is 1. The first-order valence-electron chi connectivity index (χ1n) is 14.5. The number of amides is 1. The summed E-state index contributed by atoms with van der Waals surface area (Å²) < 4.78 is 47.2. The van der Waals surface area contributed by atoms with Crippen LogP contribution in [-0.4, -0.2) is 65.4 Å². The number of hydrogen-bond donors (Lipinski definition) is 2. The normalized spacial score (nSPS) is 11.7. The first kappa shape index (κ1) is 37.8. The van der Waals surface area contributed by atoms with E-state index in [1.807, 2.05) is 30.3 Å². The molecule has 0 unspecified atom stereocenters. The van der Waals surface area contributed by atoms with Gasteiger partial charge in [0.1, 0.15) is 36.9 Å². The molecule has 1 aromatic carbocycles. The molecule has 0 radical (unpaired) electrons. The molecule has 0 saturated carbocycles. The first-order chi connectivity index (χ1) is 23.2. The molecule has 0 aliphatic heterocycles. The van der Waals surface area contributed by atoms with Gasteiger partial charge in [-0.1, -0.05) is 6.07 Å². The van der Waals surface area contributed by atoms with Gasteiger partial charge in [-0.15, -0.1) is 0 Å². The number of anilines is 3. The molecule has 5 rings (SSSR count). The standard InChI is InChI=1S/C31H28BrF3N10O4.BrH/c1-43-24(29(44(47)48)42-30(43)31(33,34)35)16-45(2,3)12-6-8-27(46)41-26-14-21-23(15-37-26)38-18-39-28(21)40-19-9-10-25(22(32)13-19)49-17-20-7-4-5-11-36-20;/h4-11,13-15,18H,12,16-17H2,1-3H3,(H-,37,38,39,40,41,46);1H/b8-6+;. The summed E-state index contributed by atoms with van der Waals surface area (Å²) in [6, 6.07) is 12.7. The second-order valence-electron chi connectivity index (χ2n) is 11.4. The van der Waals surface area contributed by atoms with Crippen molar-refractivity contribution in [2.75, 3.05) is 31.3 Å². The fourth-order valence-electron chi connectivity index (χ4n) is 4.77. The van der Waals surface area contributed by atoms with Crippen molar-refractivity contribution in [3.63, 3.8) is 0 Å². The molecular weight excluding hydrogens is 793 g/mol.